The van der Waals surface area contributed by atoms with Crippen LogP contribution in [0.4, 0.5) is 5.13 Å². The highest BCUT2D eigenvalue weighted by atomic mass is 32.1. The third-order valence-electron chi connectivity index (χ3n) is 4.57. The minimum Gasteiger partial charge on any atom is -0.454 e. The summed E-state index contributed by atoms with van der Waals surface area (Å²) in [5.74, 6) is -0.384. The summed E-state index contributed by atoms with van der Waals surface area (Å²) in [4.78, 5) is 25.0. The van der Waals surface area contributed by atoms with Crippen molar-refractivity contribution in [1.82, 2.24) is 10.2 Å². The summed E-state index contributed by atoms with van der Waals surface area (Å²) >= 11 is 1.36. The SMILES string of the molecule is CC(C)c1nnc(NC(=O)c2ccc3c(c2)CC(c2ccccc2)OC3=O)s1. The van der Waals surface area contributed by atoms with Gasteiger partial charge in [0.2, 0.25) is 5.13 Å². The van der Waals surface area contributed by atoms with Gasteiger partial charge in [-0.05, 0) is 29.3 Å². The lowest BCUT2D eigenvalue weighted by Crippen LogP contribution is -2.23. The lowest BCUT2D eigenvalue weighted by molar-refractivity contribution is 0.0252. The number of benzene rings is 2. The first-order chi connectivity index (χ1) is 13.5. The first-order valence-corrected chi connectivity index (χ1v) is 9.86. The Morgan fingerprint density at radius 2 is 1.96 bits per heavy atom. The average molecular weight is 393 g/mol. The summed E-state index contributed by atoms with van der Waals surface area (Å²) in [6.45, 7) is 4.05. The molecule has 28 heavy (non-hydrogen) atoms. The molecule has 1 unspecified atom stereocenters. The van der Waals surface area contributed by atoms with Crippen LogP contribution in [0.1, 0.15) is 62.7 Å². The number of anilines is 1. The number of hydrogen-bond donors (Lipinski definition) is 1. The van der Waals surface area contributed by atoms with E-state index in [-0.39, 0.29) is 23.9 Å². The van der Waals surface area contributed by atoms with Crippen LogP contribution in [0.25, 0.3) is 0 Å². The van der Waals surface area contributed by atoms with E-state index < -0.39 is 0 Å². The van der Waals surface area contributed by atoms with E-state index >= 15 is 0 Å². The molecule has 0 spiro atoms. The van der Waals surface area contributed by atoms with Crippen LogP contribution in [0.2, 0.25) is 0 Å². The predicted octanol–water partition coefficient (Wildman–Crippen LogP) is 4.37. The molecule has 2 heterocycles. The number of carbonyl (C=O) groups is 2. The Hall–Kier alpha value is -3.06. The van der Waals surface area contributed by atoms with Crippen molar-refractivity contribution in [2.24, 2.45) is 0 Å². The molecule has 1 atom stereocenters. The normalized spacial score (nSPS) is 15.8. The highest BCUT2D eigenvalue weighted by molar-refractivity contribution is 7.15. The van der Waals surface area contributed by atoms with Gasteiger partial charge in [-0.15, -0.1) is 10.2 Å². The minimum absolute atomic E-state index is 0.257. The number of rotatable bonds is 4. The van der Waals surface area contributed by atoms with Crippen LogP contribution >= 0.6 is 11.3 Å². The van der Waals surface area contributed by atoms with Gasteiger partial charge in [-0.25, -0.2) is 4.79 Å². The van der Waals surface area contributed by atoms with E-state index in [0.29, 0.717) is 22.7 Å². The van der Waals surface area contributed by atoms with Crippen molar-refractivity contribution >= 4 is 28.3 Å². The minimum atomic E-state index is -0.368. The van der Waals surface area contributed by atoms with Gasteiger partial charge in [0.15, 0.2) is 0 Å². The molecule has 1 aromatic heterocycles. The fourth-order valence-electron chi connectivity index (χ4n) is 3.08. The molecule has 3 aromatic rings. The molecule has 1 aliphatic rings. The van der Waals surface area contributed by atoms with Crippen LogP contribution in [0.15, 0.2) is 48.5 Å². The molecular weight excluding hydrogens is 374 g/mol. The van der Waals surface area contributed by atoms with E-state index in [4.69, 9.17) is 4.74 Å². The Bertz CT molecular complexity index is 1030. The second kappa shape index (κ2) is 7.52. The molecule has 1 amide bonds. The Morgan fingerprint density at radius 1 is 1.18 bits per heavy atom. The van der Waals surface area contributed by atoms with Crippen molar-refractivity contribution < 1.29 is 14.3 Å². The van der Waals surface area contributed by atoms with E-state index in [2.05, 4.69) is 15.5 Å². The van der Waals surface area contributed by atoms with E-state index in [9.17, 15) is 9.59 Å². The molecule has 0 radical (unpaired) electrons. The quantitative estimate of drug-likeness (QED) is 0.666. The molecule has 4 rings (SSSR count). The van der Waals surface area contributed by atoms with Gasteiger partial charge in [-0.1, -0.05) is 55.5 Å². The van der Waals surface area contributed by atoms with E-state index in [1.807, 2.05) is 44.2 Å². The van der Waals surface area contributed by atoms with Crippen LogP contribution in [0.3, 0.4) is 0 Å². The summed E-state index contributed by atoms with van der Waals surface area (Å²) in [7, 11) is 0. The maximum atomic E-state index is 12.6. The lowest BCUT2D eigenvalue weighted by Gasteiger charge is -2.25. The number of esters is 1. The van der Waals surface area contributed by atoms with Crippen molar-refractivity contribution in [3.05, 3.63) is 75.8 Å². The first-order valence-electron chi connectivity index (χ1n) is 9.05. The van der Waals surface area contributed by atoms with Crippen molar-refractivity contribution in [2.75, 3.05) is 5.32 Å². The number of nitrogens with zero attached hydrogens (tertiary/aromatic N) is 2. The molecule has 0 aliphatic carbocycles. The Balaban J connectivity index is 1.56. The first kappa shape index (κ1) is 18.3. The van der Waals surface area contributed by atoms with E-state index in [1.165, 1.54) is 11.3 Å². The van der Waals surface area contributed by atoms with E-state index in [0.717, 1.165) is 16.1 Å². The van der Waals surface area contributed by atoms with Crippen molar-refractivity contribution in [1.29, 1.82) is 0 Å². The number of cyclic esters (lactones) is 1. The standard InChI is InChI=1S/C21H19N3O3S/c1-12(2)19-23-24-21(28-19)22-18(25)14-8-9-16-15(10-14)11-17(27-20(16)26)13-6-4-3-5-7-13/h3-10,12,17H,11H2,1-2H3,(H,22,24,25). The van der Waals surface area contributed by atoms with Gasteiger partial charge in [0, 0.05) is 17.9 Å². The molecule has 0 saturated carbocycles. The molecule has 0 bridgehead atoms. The van der Waals surface area contributed by atoms with Gasteiger partial charge < -0.3 is 4.74 Å². The highest BCUT2D eigenvalue weighted by Crippen LogP contribution is 2.31. The Kier molecular flexibility index (Phi) is 4.92. The van der Waals surface area contributed by atoms with Crippen LogP contribution in [0.5, 0.6) is 0 Å². The maximum absolute atomic E-state index is 12.6. The van der Waals surface area contributed by atoms with Gasteiger partial charge in [-0.2, -0.15) is 0 Å². The van der Waals surface area contributed by atoms with Gasteiger partial charge in [0.25, 0.3) is 5.91 Å². The number of carbonyl (C=O) groups excluding carboxylic acids is 2. The lowest BCUT2D eigenvalue weighted by atomic mass is 9.93. The zero-order valence-corrected chi connectivity index (χ0v) is 16.3. The molecule has 142 valence electrons. The Morgan fingerprint density at radius 3 is 2.68 bits per heavy atom. The second-order valence-corrected chi connectivity index (χ2v) is 7.94. The summed E-state index contributed by atoms with van der Waals surface area (Å²) in [6.07, 6.45) is 0.180. The van der Waals surface area contributed by atoms with Crippen LogP contribution in [-0.4, -0.2) is 22.1 Å². The van der Waals surface area contributed by atoms with Gasteiger partial charge >= 0.3 is 5.97 Å². The number of amides is 1. The number of fused-ring (bicyclic) bond motifs is 1. The summed E-state index contributed by atoms with van der Waals surface area (Å²) in [5.41, 5.74) is 2.72. The van der Waals surface area contributed by atoms with Crippen molar-refractivity contribution in [3.8, 4) is 0 Å². The molecule has 1 N–H and O–H groups in total. The molecule has 1 aliphatic heterocycles. The smallest absolute Gasteiger partial charge is 0.339 e. The van der Waals surface area contributed by atoms with Gasteiger partial charge in [0.05, 0.1) is 5.56 Å². The summed E-state index contributed by atoms with van der Waals surface area (Å²) in [6, 6.07) is 14.6. The van der Waals surface area contributed by atoms with Gasteiger partial charge in [0.1, 0.15) is 11.1 Å². The van der Waals surface area contributed by atoms with Crippen LogP contribution in [0, 0.1) is 0 Å². The third-order valence-corrected chi connectivity index (χ3v) is 5.71. The zero-order valence-electron chi connectivity index (χ0n) is 15.5. The van der Waals surface area contributed by atoms with Crippen molar-refractivity contribution in [2.45, 2.75) is 32.3 Å². The molecule has 7 heteroatoms. The molecular formula is C21H19N3O3S. The monoisotopic (exact) mass is 393 g/mol. The van der Waals surface area contributed by atoms with Crippen LogP contribution in [-0.2, 0) is 11.2 Å². The number of aromatic nitrogens is 2. The van der Waals surface area contributed by atoms with Crippen molar-refractivity contribution in [3.63, 3.8) is 0 Å². The highest BCUT2D eigenvalue weighted by Gasteiger charge is 2.28. The molecule has 0 fully saturated rings. The summed E-state index contributed by atoms with van der Waals surface area (Å²) in [5, 5.41) is 12.2. The maximum Gasteiger partial charge on any atom is 0.339 e. The molecule has 2 aromatic carbocycles. The topological polar surface area (TPSA) is 81.2 Å². The number of hydrogen-bond acceptors (Lipinski definition) is 6. The summed E-state index contributed by atoms with van der Waals surface area (Å²) < 4.78 is 5.56. The van der Waals surface area contributed by atoms with Gasteiger partial charge in [-0.3, -0.25) is 10.1 Å². The largest absolute Gasteiger partial charge is 0.454 e. The molecule has 0 saturated heterocycles. The van der Waals surface area contributed by atoms with E-state index in [1.54, 1.807) is 18.2 Å². The fourth-order valence-corrected chi connectivity index (χ4v) is 3.82. The molecule has 6 nitrogen and oxygen atoms in total. The van der Waals surface area contributed by atoms with Crippen LogP contribution < -0.4 is 5.32 Å². The predicted molar refractivity (Wildman–Crippen MR) is 107 cm³/mol. The number of ether oxygens (including phenoxy) is 1. The third kappa shape index (κ3) is 3.66. The Labute approximate surface area is 166 Å². The number of nitrogens with one attached hydrogen (secondary N) is 1. The zero-order chi connectivity index (χ0) is 19.7. The fraction of sp³-hybridized carbons (Fsp3) is 0.238. The second-order valence-electron chi connectivity index (χ2n) is 6.93. The average Bonchev–Trinajstić information content (AvgIpc) is 3.17.